The first kappa shape index (κ1) is 36.8. The maximum absolute atomic E-state index is 12.3. The number of esters is 4. The quantitative estimate of drug-likeness (QED) is 0.0817. The molecule has 0 saturated carbocycles. The minimum absolute atomic E-state index is 0.0889. The zero-order valence-corrected chi connectivity index (χ0v) is 25.3. The summed E-state index contributed by atoms with van der Waals surface area (Å²) < 4.78 is 26.8. The summed E-state index contributed by atoms with van der Waals surface area (Å²) in [5.41, 5.74) is -0.354. The largest absolute Gasteiger partial charge is 0.463 e. The number of rotatable bonds is 23. The van der Waals surface area contributed by atoms with Crippen molar-refractivity contribution >= 4 is 23.9 Å². The van der Waals surface area contributed by atoms with Gasteiger partial charge in [-0.3, -0.25) is 19.2 Å². The summed E-state index contributed by atoms with van der Waals surface area (Å²) in [5, 5.41) is 0. The molecule has 39 heavy (non-hydrogen) atoms. The highest BCUT2D eigenvalue weighted by Crippen LogP contribution is 2.12. The number of unbranched alkanes of at least 4 members (excludes halogenated alkanes) is 8. The Labute approximate surface area is 236 Å². The van der Waals surface area contributed by atoms with Crippen LogP contribution in [0.15, 0.2) is 0 Å². The molecule has 0 aliphatic heterocycles. The first-order valence-electron chi connectivity index (χ1n) is 14.8. The molecular weight excluding hydrogens is 504 g/mol. The van der Waals surface area contributed by atoms with Crippen molar-refractivity contribution in [2.45, 2.75) is 149 Å². The van der Waals surface area contributed by atoms with Gasteiger partial charge in [0.25, 0.3) is 0 Å². The van der Waals surface area contributed by atoms with E-state index in [9.17, 15) is 19.2 Å². The highest BCUT2D eigenvalue weighted by molar-refractivity contribution is 5.77. The Morgan fingerprint density at radius 3 is 1.44 bits per heavy atom. The van der Waals surface area contributed by atoms with Gasteiger partial charge < -0.3 is 23.7 Å². The Balaban J connectivity index is 4.55. The molecule has 0 fully saturated rings. The fourth-order valence-electron chi connectivity index (χ4n) is 3.75. The lowest BCUT2D eigenvalue weighted by atomic mass is 10.1. The summed E-state index contributed by atoms with van der Waals surface area (Å²) in [6.45, 7) is 11.4. The van der Waals surface area contributed by atoms with Crippen molar-refractivity contribution in [3.63, 3.8) is 0 Å². The van der Waals surface area contributed by atoms with Crippen molar-refractivity contribution in [2.24, 2.45) is 0 Å². The molecule has 0 heterocycles. The van der Waals surface area contributed by atoms with Crippen molar-refractivity contribution in [1.29, 1.82) is 0 Å². The van der Waals surface area contributed by atoms with Crippen LogP contribution in [-0.2, 0) is 42.9 Å². The Kier molecular flexibility index (Phi) is 21.4. The van der Waals surface area contributed by atoms with Crippen LogP contribution in [-0.4, -0.2) is 61.5 Å². The van der Waals surface area contributed by atoms with Crippen molar-refractivity contribution < 1.29 is 42.9 Å². The first-order chi connectivity index (χ1) is 18.5. The molecule has 0 aliphatic rings. The van der Waals surface area contributed by atoms with Crippen molar-refractivity contribution in [2.75, 3.05) is 19.8 Å². The van der Waals surface area contributed by atoms with Gasteiger partial charge in [-0.1, -0.05) is 65.2 Å². The lowest BCUT2D eigenvalue weighted by Crippen LogP contribution is -2.31. The molecular formula is C30H54O9. The van der Waals surface area contributed by atoms with Crippen LogP contribution in [0.2, 0.25) is 0 Å². The van der Waals surface area contributed by atoms with Gasteiger partial charge in [0, 0.05) is 12.8 Å². The van der Waals surface area contributed by atoms with Gasteiger partial charge >= 0.3 is 23.9 Å². The molecule has 0 radical (unpaired) electrons. The third-order valence-corrected chi connectivity index (χ3v) is 5.69. The second-order valence-corrected chi connectivity index (χ2v) is 11.0. The average molecular weight is 559 g/mol. The summed E-state index contributed by atoms with van der Waals surface area (Å²) in [5.74, 6) is -1.95. The molecule has 9 heteroatoms. The summed E-state index contributed by atoms with van der Waals surface area (Å²) in [6, 6.07) is 0. The molecule has 0 amide bonds. The molecule has 0 aromatic rings. The van der Waals surface area contributed by atoms with Crippen molar-refractivity contribution in [3.8, 4) is 0 Å². The van der Waals surface area contributed by atoms with E-state index in [0.29, 0.717) is 12.8 Å². The fraction of sp³-hybridized carbons (Fsp3) is 0.867. The predicted octanol–water partition coefficient (Wildman–Crippen LogP) is 6.23. The van der Waals surface area contributed by atoms with Gasteiger partial charge in [-0.25, -0.2) is 0 Å². The standard InChI is InChI=1S/C30H54O9/c1-7-9-11-13-15-17-26(31)36-22-25(38-29(34)18-16-14-12-10-8-2)23-37-28(33)20-19-27(32)35-21-24(3)39-30(4,5)6/h24-25H,7-23H2,1-6H3. The van der Waals surface area contributed by atoms with E-state index in [4.69, 9.17) is 23.7 Å². The molecule has 0 spiro atoms. The fourth-order valence-corrected chi connectivity index (χ4v) is 3.75. The maximum atomic E-state index is 12.3. The summed E-state index contributed by atoms with van der Waals surface area (Å²) in [6.07, 6.45) is 9.05. The van der Waals surface area contributed by atoms with E-state index in [2.05, 4.69) is 13.8 Å². The second-order valence-electron chi connectivity index (χ2n) is 11.0. The van der Waals surface area contributed by atoms with Crippen LogP contribution >= 0.6 is 0 Å². The van der Waals surface area contributed by atoms with Gasteiger partial charge in [0.15, 0.2) is 6.10 Å². The third kappa shape index (κ3) is 24.6. The molecule has 2 unspecified atom stereocenters. The van der Waals surface area contributed by atoms with E-state index in [0.717, 1.165) is 57.8 Å². The van der Waals surface area contributed by atoms with Crippen LogP contribution in [0.1, 0.15) is 131 Å². The van der Waals surface area contributed by atoms with Gasteiger partial charge in [-0.15, -0.1) is 0 Å². The predicted molar refractivity (Wildman–Crippen MR) is 149 cm³/mol. The van der Waals surface area contributed by atoms with Gasteiger partial charge in [0.1, 0.15) is 19.8 Å². The molecule has 2 atom stereocenters. The average Bonchev–Trinajstić information content (AvgIpc) is 2.86. The number of hydrogen-bond acceptors (Lipinski definition) is 9. The van der Waals surface area contributed by atoms with Crippen molar-refractivity contribution in [1.82, 2.24) is 0 Å². The monoisotopic (exact) mass is 558 g/mol. The smallest absolute Gasteiger partial charge is 0.306 e. The lowest BCUT2D eigenvalue weighted by molar-refractivity contribution is -0.167. The zero-order valence-electron chi connectivity index (χ0n) is 25.3. The topological polar surface area (TPSA) is 114 Å². The van der Waals surface area contributed by atoms with Gasteiger partial charge in [0.2, 0.25) is 0 Å². The molecule has 0 bridgehead atoms. The molecule has 0 rings (SSSR count). The maximum Gasteiger partial charge on any atom is 0.306 e. The van der Waals surface area contributed by atoms with E-state index in [1.165, 1.54) is 0 Å². The zero-order chi connectivity index (χ0) is 29.5. The molecule has 9 nitrogen and oxygen atoms in total. The molecule has 0 saturated heterocycles. The second kappa shape index (κ2) is 22.6. The Hall–Kier alpha value is -2.16. The van der Waals surface area contributed by atoms with Crippen molar-refractivity contribution in [3.05, 3.63) is 0 Å². The first-order valence-corrected chi connectivity index (χ1v) is 14.8. The van der Waals surface area contributed by atoms with E-state index < -0.39 is 24.0 Å². The van der Waals surface area contributed by atoms with Crippen LogP contribution < -0.4 is 0 Å². The Morgan fingerprint density at radius 1 is 0.564 bits per heavy atom. The number of carbonyl (C=O) groups excluding carboxylic acids is 4. The van der Waals surface area contributed by atoms with Crippen LogP contribution in [0.4, 0.5) is 0 Å². The van der Waals surface area contributed by atoms with Crippen LogP contribution in [0.3, 0.4) is 0 Å². The molecule has 0 N–H and O–H groups in total. The summed E-state index contributed by atoms with van der Waals surface area (Å²) >= 11 is 0. The van der Waals surface area contributed by atoms with E-state index in [1.54, 1.807) is 6.92 Å². The lowest BCUT2D eigenvalue weighted by Gasteiger charge is -2.24. The number of carbonyl (C=O) groups is 4. The summed E-state index contributed by atoms with van der Waals surface area (Å²) in [4.78, 5) is 48.6. The Bertz CT molecular complexity index is 684. The number of hydrogen-bond donors (Lipinski definition) is 0. The van der Waals surface area contributed by atoms with Crippen LogP contribution in [0, 0.1) is 0 Å². The number of ether oxygens (including phenoxy) is 5. The summed E-state index contributed by atoms with van der Waals surface area (Å²) in [7, 11) is 0. The molecule has 0 aliphatic carbocycles. The molecule has 0 aromatic carbocycles. The molecule has 228 valence electrons. The Morgan fingerprint density at radius 2 is 0.974 bits per heavy atom. The molecule has 0 aromatic heterocycles. The van der Waals surface area contributed by atoms with E-state index in [1.807, 2.05) is 20.8 Å². The third-order valence-electron chi connectivity index (χ3n) is 5.69. The van der Waals surface area contributed by atoms with E-state index >= 15 is 0 Å². The van der Waals surface area contributed by atoms with E-state index in [-0.39, 0.29) is 56.8 Å². The van der Waals surface area contributed by atoms with Gasteiger partial charge in [-0.2, -0.15) is 0 Å². The highest BCUT2D eigenvalue weighted by atomic mass is 16.6. The van der Waals surface area contributed by atoms with Gasteiger partial charge in [0.05, 0.1) is 24.5 Å². The highest BCUT2D eigenvalue weighted by Gasteiger charge is 2.21. The SMILES string of the molecule is CCCCCCCC(=O)OCC(COC(=O)CCC(=O)OCC(C)OC(C)(C)C)OC(=O)CCCCCCC. The minimum Gasteiger partial charge on any atom is -0.463 e. The van der Waals surface area contributed by atoms with Crippen LogP contribution in [0.25, 0.3) is 0 Å². The van der Waals surface area contributed by atoms with Gasteiger partial charge in [-0.05, 0) is 40.5 Å². The minimum atomic E-state index is -0.900. The normalized spacial score (nSPS) is 12.9. The van der Waals surface area contributed by atoms with Crippen LogP contribution in [0.5, 0.6) is 0 Å².